The number of hydrogen-bond donors (Lipinski definition) is 1. The van der Waals surface area contributed by atoms with Crippen LogP contribution in [-0.2, 0) is 0 Å². The molecule has 0 amide bonds. The van der Waals surface area contributed by atoms with E-state index in [9.17, 15) is 0 Å². The molecule has 0 heterocycles. The van der Waals surface area contributed by atoms with E-state index in [1.807, 2.05) is 20.8 Å². The van der Waals surface area contributed by atoms with E-state index >= 15 is 0 Å². The lowest BCUT2D eigenvalue weighted by molar-refractivity contribution is 0.740. The first-order chi connectivity index (χ1) is 8.13. The first-order valence-corrected chi connectivity index (χ1v) is 6.47. The zero-order valence-electron chi connectivity index (χ0n) is 12.5. The van der Waals surface area contributed by atoms with Crippen molar-refractivity contribution in [1.29, 1.82) is 0 Å². The van der Waals surface area contributed by atoms with Crippen LogP contribution in [0.15, 0.2) is 47.1 Å². The molecule has 0 saturated carbocycles. The summed E-state index contributed by atoms with van der Waals surface area (Å²) in [6.45, 7) is 16.0. The van der Waals surface area contributed by atoms with Gasteiger partial charge in [-0.3, -0.25) is 0 Å². The van der Waals surface area contributed by atoms with E-state index < -0.39 is 0 Å². The maximum Gasteiger partial charge on any atom is 0.00178 e. The average Bonchev–Trinajstić information content (AvgIpc) is 2.34. The van der Waals surface area contributed by atoms with Crippen LogP contribution >= 0.6 is 0 Å². The van der Waals surface area contributed by atoms with Crippen LogP contribution in [-0.4, -0.2) is 0 Å². The van der Waals surface area contributed by atoms with Crippen LogP contribution < -0.4 is 6.15 Å². The summed E-state index contributed by atoms with van der Waals surface area (Å²) in [5.74, 6) is 0.529. The molecule has 1 aliphatic rings. The van der Waals surface area contributed by atoms with E-state index in [0.717, 1.165) is 18.4 Å². The fraction of sp³-hybridized carbons (Fsp3) is 0.412. The average molecular weight is 247 g/mol. The Kier molecular flexibility index (Phi) is 11.8. The Morgan fingerprint density at radius 3 is 2.39 bits per heavy atom. The molecule has 2 radical (unpaired) electrons. The molecule has 1 unspecified atom stereocenters. The lowest BCUT2D eigenvalue weighted by Gasteiger charge is -2.17. The Morgan fingerprint density at radius 2 is 2.00 bits per heavy atom. The van der Waals surface area contributed by atoms with E-state index in [1.54, 1.807) is 0 Å². The summed E-state index contributed by atoms with van der Waals surface area (Å²) in [4.78, 5) is 0. The third-order valence-electron chi connectivity index (χ3n) is 2.63. The third kappa shape index (κ3) is 7.29. The molecular formula is C17H29N. The molecule has 1 heteroatoms. The van der Waals surface area contributed by atoms with Crippen molar-refractivity contribution >= 4 is 0 Å². The van der Waals surface area contributed by atoms with Crippen LogP contribution in [0.25, 0.3) is 0 Å². The molecule has 102 valence electrons. The fourth-order valence-electron chi connectivity index (χ4n) is 1.64. The Morgan fingerprint density at radius 1 is 1.39 bits per heavy atom. The largest absolute Gasteiger partial charge is 0.344 e. The van der Waals surface area contributed by atoms with Crippen molar-refractivity contribution in [2.24, 2.45) is 5.92 Å². The SMILES string of the molecule is CC.N.[CH2]C/C(=C\C=C(/[CH2])C)C1C=CC(C)=CC1. The summed E-state index contributed by atoms with van der Waals surface area (Å²) in [7, 11) is 0. The molecule has 0 aliphatic heterocycles. The van der Waals surface area contributed by atoms with Crippen molar-refractivity contribution < 1.29 is 0 Å². The first kappa shape index (κ1) is 19.3. The molecule has 1 nitrogen and oxygen atoms in total. The summed E-state index contributed by atoms with van der Waals surface area (Å²) < 4.78 is 0. The molecule has 1 atom stereocenters. The van der Waals surface area contributed by atoms with Gasteiger partial charge in [-0.15, -0.1) is 0 Å². The monoisotopic (exact) mass is 247 g/mol. The van der Waals surface area contributed by atoms with Gasteiger partial charge in [0.25, 0.3) is 0 Å². The number of allylic oxidation sites excluding steroid dienone is 8. The molecule has 0 saturated heterocycles. The van der Waals surface area contributed by atoms with Crippen LogP contribution in [0.5, 0.6) is 0 Å². The minimum Gasteiger partial charge on any atom is -0.344 e. The van der Waals surface area contributed by atoms with E-state index in [2.05, 4.69) is 51.2 Å². The molecule has 0 aromatic heterocycles. The van der Waals surface area contributed by atoms with E-state index in [1.165, 1.54) is 11.1 Å². The molecule has 1 rings (SSSR count). The maximum absolute atomic E-state index is 3.99. The quantitative estimate of drug-likeness (QED) is 0.645. The summed E-state index contributed by atoms with van der Waals surface area (Å²) in [6, 6.07) is 0. The highest BCUT2D eigenvalue weighted by atomic mass is 14.1. The van der Waals surface area contributed by atoms with Crippen molar-refractivity contribution in [3.8, 4) is 0 Å². The van der Waals surface area contributed by atoms with Crippen molar-refractivity contribution in [3.63, 3.8) is 0 Å². The van der Waals surface area contributed by atoms with Crippen LogP contribution in [0.1, 0.15) is 40.5 Å². The predicted molar refractivity (Wildman–Crippen MR) is 84.5 cm³/mol. The Balaban J connectivity index is 0. The normalized spacial score (nSPS) is 19.4. The van der Waals surface area contributed by atoms with Gasteiger partial charge in [-0.05, 0) is 40.5 Å². The number of rotatable bonds is 3. The van der Waals surface area contributed by atoms with Crippen molar-refractivity contribution in [2.45, 2.75) is 40.5 Å². The Bertz CT molecular complexity index is 326. The van der Waals surface area contributed by atoms with Crippen molar-refractivity contribution in [3.05, 3.63) is 60.9 Å². The predicted octanol–water partition coefficient (Wildman–Crippen LogP) is 5.63. The van der Waals surface area contributed by atoms with Gasteiger partial charge in [0.05, 0.1) is 0 Å². The van der Waals surface area contributed by atoms with Gasteiger partial charge in [0.1, 0.15) is 0 Å². The van der Waals surface area contributed by atoms with E-state index in [0.29, 0.717) is 5.92 Å². The van der Waals surface area contributed by atoms with Crippen LogP contribution in [0.3, 0.4) is 0 Å². The molecule has 0 aromatic carbocycles. The minimum atomic E-state index is 0. The standard InChI is InChI=1S/C15H20.C2H6.H3N/c1-5-14(9-6-12(2)3)15-10-7-13(4)8-11-15;1-2;/h6-10,15H,1-2,5,11H2,3-4H3;1-2H3;1H3/b12-6+,14-9+;;. The molecular weight excluding hydrogens is 218 g/mol. The Hall–Kier alpha value is -1.08. The minimum absolute atomic E-state index is 0. The third-order valence-corrected chi connectivity index (χ3v) is 2.63. The molecule has 1 aliphatic carbocycles. The summed E-state index contributed by atoms with van der Waals surface area (Å²) in [6.07, 6.45) is 13.0. The zero-order valence-corrected chi connectivity index (χ0v) is 12.5. The van der Waals surface area contributed by atoms with Crippen molar-refractivity contribution in [1.82, 2.24) is 6.15 Å². The van der Waals surface area contributed by atoms with Gasteiger partial charge in [-0.25, -0.2) is 0 Å². The molecule has 18 heavy (non-hydrogen) atoms. The van der Waals surface area contributed by atoms with Crippen LogP contribution in [0.4, 0.5) is 0 Å². The van der Waals surface area contributed by atoms with Gasteiger partial charge in [0.15, 0.2) is 0 Å². The summed E-state index contributed by atoms with van der Waals surface area (Å²) >= 11 is 0. The second-order valence-electron chi connectivity index (χ2n) is 4.15. The topological polar surface area (TPSA) is 35.0 Å². The molecule has 0 fully saturated rings. The smallest absolute Gasteiger partial charge is 0.00178 e. The lowest BCUT2D eigenvalue weighted by atomic mass is 9.88. The molecule has 3 N–H and O–H groups in total. The molecule has 0 aromatic rings. The highest BCUT2D eigenvalue weighted by molar-refractivity contribution is 5.30. The van der Waals surface area contributed by atoms with Gasteiger partial charge in [-0.1, -0.05) is 60.9 Å². The van der Waals surface area contributed by atoms with E-state index in [-0.39, 0.29) is 6.15 Å². The summed E-state index contributed by atoms with van der Waals surface area (Å²) in [5, 5.41) is 0. The zero-order chi connectivity index (χ0) is 13.3. The van der Waals surface area contributed by atoms with Crippen LogP contribution in [0, 0.1) is 19.8 Å². The van der Waals surface area contributed by atoms with Crippen molar-refractivity contribution in [2.75, 3.05) is 0 Å². The fourth-order valence-corrected chi connectivity index (χ4v) is 1.64. The highest BCUT2D eigenvalue weighted by Gasteiger charge is 2.10. The second-order valence-corrected chi connectivity index (χ2v) is 4.15. The van der Waals surface area contributed by atoms with E-state index in [4.69, 9.17) is 0 Å². The van der Waals surface area contributed by atoms with Gasteiger partial charge in [-0.2, -0.15) is 0 Å². The van der Waals surface area contributed by atoms with Gasteiger partial charge < -0.3 is 6.15 Å². The van der Waals surface area contributed by atoms with Gasteiger partial charge in [0, 0.05) is 5.92 Å². The lowest BCUT2D eigenvalue weighted by Crippen LogP contribution is -2.02. The second kappa shape index (κ2) is 11.0. The molecule has 0 bridgehead atoms. The first-order valence-electron chi connectivity index (χ1n) is 6.47. The van der Waals surface area contributed by atoms with Gasteiger partial charge in [0.2, 0.25) is 0 Å². The van der Waals surface area contributed by atoms with Gasteiger partial charge >= 0.3 is 0 Å². The Labute approximate surface area is 114 Å². The van der Waals surface area contributed by atoms with Crippen LogP contribution in [0.2, 0.25) is 0 Å². The number of hydrogen-bond acceptors (Lipinski definition) is 1. The highest BCUT2D eigenvalue weighted by Crippen LogP contribution is 2.25. The maximum atomic E-state index is 3.99. The molecule has 0 spiro atoms. The summed E-state index contributed by atoms with van der Waals surface area (Å²) in [5.41, 5.74) is 3.84.